The van der Waals surface area contributed by atoms with Crippen LogP contribution in [-0.4, -0.2) is 68.4 Å². The third-order valence-corrected chi connectivity index (χ3v) is 6.02. The maximum absolute atomic E-state index is 6.30. The Morgan fingerprint density at radius 1 is 1.00 bits per heavy atom. The van der Waals surface area contributed by atoms with Gasteiger partial charge in [0, 0.05) is 26.2 Å². The molecule has 0 bridgehead atoms. The smallest absolute Gasteiger partial charge is 0.161 e. The van der Waals surface area contributed by atoms with Crippen LogP contribution >= 0.6 is 0 Å². The zero-order valence-corrected chi connectivity index (χ0v) is 16.7. The lowest BCUT2D eigenvalue weighted by atomic mass is 9.81. The van der Waals surface area contributed by atoms with Crippen molar-refractivity contribution in [2.45, 2.75) is 45.3 Å². The molecule has 2 heterocycles. The first-order chi connectivity index (χ1) is 13.3. The highest BCUT2D eigenvalue weighted by atomic mass is 16.5. The normalized spacial score (nSPS) is 26.7. The standard InChI is InChI=1S/C22H34N2O3/c1-2-26-22-15-18(16-23-7-3-4-8-23)5-6-21(22)27-20-13-19(14-20)17-24-9-11-25-12-10-24/h5-6,15,19-20H,2-4,7-14,16-17H2,1H3. The van der Waals surface area contributed by atoms with Crippen molar-refractivity contribution in [3.05, 3.63) is 23.8 Å². The highest BCUT2D eigenvalue weighted by Crippen LogP contribution is 2.36. The zero-order chi connectivity index (χ0) is 18.5. The van der Waals surface area contributed by atoms with Crippen molar-refractivity contribution in [1.29, 1.82) is 0 Å². The maximum Gasteiger partial charge on any atom is 0.161 e. The minimum absolute atomic E-state index is 0.333. The molecule has 0 amide bonds. The summed E-state index contributed by atoms with van der Waals surface area (Å²) < 4.78 is 17.6. The second-order valence-electron chi connectivity index (χ2n) is 8.19. The first-order valence-electron chi connectivity index (χ1n) is 10.7. The topological polar surface area (TPSA) is 34.2 Å². The molecule has 2 aliphatic heterocycles. The number of ether oxygens (including phenoxy) is 3. The van der Waals surface area contributed by atoms with Gasteiger partial charge in [-0.15, -0.1) is 0 Å². The number of likely N-dealkylation sites (tertiary alicyclic amines) is 1. The van der Waals surface area contributed by atoms with Gasteiger partial charge in [-0.1, -0.05) is 6.07 Å². The average molecular weight is 375 g/mol. The summed E-state index contributed by atoms with van der Waals surface area (Å²) in [6.07, 6.45) is 5.29. The average Bonchev–Trinajstić information content (AvgIpc) is 3.16. The van der Waals surface area contributed by atoms with Gasteiger partial charge >= 0.3 is 0 Å². The van der Waals surface area contributed by atoms with E-state index in [-0.39, 0.29) is 0 Å². The Bertz CT molecular complexity index is 591. The van der Waals surface area contributed by atoms with Gasteiger partial charge in [-0.3, -0.25) is 9.80 Å². The summed E-state index contributed by atoms with van der Waals surface area (Å²) in [5.41, 5.74) is 1.33. The monoisotopic (exact) mass is 374 g/mol. The van der Waals surface area contributed by atoms with Gasteiger partial charge in [0.1, 0.15) is 0 Å². The molecule has 1 aliphatic carbocycles. The molecule has 0 radical (unpaired) electrons. The molecule has 0 atom stereocenters. The number of nitrogens with zero attached hydrogens (tertiary/aromatic N) is 2. The van der Waals surface area contributed by atoms with E-state index in [9.17, 15) is 0 Å². The van der Waals surface area contributed by atoms with E-state index in [4.69, 9.17) is 14.2 Å². The summed E-state index contributed by atoms with van der Waals surface area (Å²) in [7, 11) is 0. The molecule has 0 aromatic heterocycles. The molecule has 0 unspecified atom stereocenters. The summed E-state index contributed by atoms with van der Waals surface area (Å²) in [6.45, 7) is 11.3. The molecule has 27 heavy (non-hydrogen) atoms. The molecule has 3 fully saturated rings. The molecule has 5 heteroatoms. The summed E-state index contributed by atoms with van der Waals surface area (Å²) >= 11 is 0. The fraction of sp³-hybridized carbons (Fsp3) is 0.727. The third kappa shape index (κ3) is 5.15. The van der Waals surface area contributed by atoms with Gasteiger partial charge in [0.25, 0.3) is 0 Å². The maximum atomic E-state index is 6.30. The van der Waals surface area contributed by atoms with Crippen molar-refractivity contribution >= 4 is 0 Å². The minimum atomic E-state index is 0.333. The molecule has 0 N–H and O–H groups in total. The minimum Gasteiger partial charge on any atom is -0.490 e. The van der Waals surface area contributed by atoms with E-state index in [0.29, 0.717) is 12.7 Å². The Balaban J connectivity index is 1.29. The van der Waals surface area contributed by atoms with Crippen molar-refractivity contribution in [3.63, 3.8) is 0 Å². The van der Waals surface area contributed by atoms with Crippen LogP contribution in [0, 0.1) is 5.92 Å². The number of hydrogen-bond acceptors (Lipinski definition) is 5. The first-order valence-corrected chi connectivity index (χ1v) is 10.7. The number of rotatable bonds is 8. The van der Waals surface area contributed by atoms with Gasteiger partial charge in [-0.25, -0.2) is 0 Å². The summed E-state index contributed by atoms with van der Waals surface area (Å²) in [4.78, 5) is 5.05. The predicted molar refractivity (Wildman–Crippen MR) is 107 cm³/mol. The van der Waals surface area contributed by atoms with Crippen molar-refractivity contribution < 1.29 is 14.2 Å². The van der Waals surface area contributed by atoms with Gasteiger partial charge in [0.2, 0.25) is 0 Å². The second-order valence-corrected chi connectivity index (χ2v) is 8.19. The molecule has 5 nitrogen and oxygen atoms in total. The van der Waals surface area contributed by atoms with Crippen LogP contribution in [0.4, 0.5) is 0 Å². The van der Waals surface area contributed by atoms with Crippen LogP contribution in [0.1, 0.15) is 38.2 Å². The van der Waals surface area contributed by atoms with Crippen molar-refractivity contribution in [2.24, 2.45) is 5.92 Å². The molecular formula is C22H34N2O3. The SMILES string of the molecule is CCOc1cc(CN2CCCC2)ccc1OC1CC(CN2CCOCC2)C1. The quantitative estimate of drug-likeness (QED) is 0.698. The van der Waals surface area contributed by atoms with Crippen LogP contribution in [0.15, 0.2) is 18.2 Å². The molecule has 1 saturated carbocycles. The molecule has 2 saturated heterocycles. The summed E-state index contributed by atoms with van der Waals surface area (Å²) in [6, 6.07) is 6.51. The first kappa shape index (κ1) is 19.0. The predicted octanol–water partition coefficient (Wildman–Crippen LogP) is 3.17. The van der Waals surface area contributed by atoms with E-state index >= 15 is 0 Å². The Morgan fingerprint density at radius 2 is 1.78 bits per heavy atom. The largest absolute Gasteiger partial charge is 0.490 e. The van der Waals surface area contributed by atoms with E-state index in [1.54, 1.807) is 0 Å². The van der Waals surface area contributed by atoms with Gasteiger partial charge in [0.15, 0.2) is 11.5 Å². The molecule has 4 rings (SSSR count). The van der Waals surface area contributed by atoms with Crippen LogP contribution in [-0.2, 0) is 11.3 Å². The second kappa shape index (κ2) is 9.26. The molecule has 1 aromatic rings. The Morgan fingerprint density at radius 3 is 2.52 bits per heavy atom. The third-order valence-electron chi connectivity index (χ3n) is 6.02. The lowest BCUT2D eigenvalue weighted by Gasteiger charge is -2.39. The highest BCUT2D eigenvalue weighted by Gasteiger charge is 2.33. The molecule has 0 spiro atoms. The summed E-state index contributed by atoms with van der Waals surface area (Å²) in [5.74, 6) is 2.58. The number of benzene rings is 1. The molecular weight excluding hydrogens is 340 g/mol. The number of morpholine rings is 1. The van der Waals surface area contributed by atoms with E-state index in [1.165, 1.54) is 38.0 Å². The van der Waals surface area contributed by atoms with E-state index in [2.05, 4.69) is 28.0 Å². The van der Waals surface area contributed by atoms with Crippen LogP contribution < -0.4 is 9.47 Å². The molecule has 150 valence electrons. The van der Waals surface area contributed by atoms with Crippen molar-refractivity contribution in [3.8, 4) is 11.5 Å². The lowest BCUT2D eigenvalue weighted by molar-refractivity contribution is -0.000532. The fourth-order valence-electron chi connectivity index (χ4n) is 4.46. The van der Waals surface area contributed by atoms with E-state index < -0.39 is 0 Å². The van der Waals surface area contributed by atoms with Crippen molar-refractivity contribution in [2.75, 3.05) is 52.5 Å². The molecule has 1 aromatic carbocycles. The Kier molecular flexibility index (Phi) is 6.53. The Hall–Kier alpha value is -1.30. The highest BCUT2D eigenvalue weighted by molar-refractivity contribution is 5.43. The molecule has 3 aliphatic rings. The van der Waals surface area contributed by atoms with Crippen molar-refractivity contribution in [1.82, 2.24) is 9.80 Å². The fourth-order valence-corrected chi connectivity index (χ4v) is 4.46. The van der Waals surface area contributed by atoms with E-state index in [1.807, 2.05) is 6.92 Å². The van der Waals surface area contributed by atoms with Crippen LogP contribution in [0.25, 0.3) is 0 Å². The lowest BCUT2D eigenvalue weighted by Crippen LogP contribution is -2.45. The Labute approximate surface area is 163 Å². The van der Waals surface area contributed by atoms with E-state index in [0.717, 1.165) is 63.1 Å². The zero-order valence-electron chi connectivity index (χ0n) is 16.7. The van der Waals surface area contributed by atoms with Gasteiger partial charge < -0.3 is 14.2 Å². The van der Waals surface area contributed by atoms with Crippen LogP contribution in [0.2, 0.25) is 0 Å². The number of hydrogen-bond donors (Lipinski definition) is 0. The van der Waals surface area contributed by atoms with Gasteiger partial charge in [-0.05, 0) is 69.3 Å². The van der Waals surface area contributed by atoms with Gasteiger partial charge in [0.05, 0.1) is 25.9 Å². The van der Waals surface area contributed by atoms with Crippen LogP contribution in [0.3, 0.4) is 0 Å². The van der Waals surface area contributed by atoms with Gasteiger partial charge in [-0.2, -0.15) is 0 Å². The van der Waals surface area contributed by atoms with Crippen LogP contribution in [0.5, 0.6) is 11.5 Å². The summed E-state index contributed by atoms with van der Waals surface area (Å²) in [5, 5.41) is 0.